The van der Waals surface area contributed by atoms with Crippen molar-refractivity contribution in [3.05, 3.63) is 17.5 Å². The topological polar surface area (TPSA) is 46.9 Å². The van der Waals surface area contributed by atoms with E-state index in [4.69, 9.17) is 0 Å². The number of aromatic nitrogens is 2. The molecule has 0 aromatic carbocycles. The van der Waals surface area contributed by atoms with Gasteiger partial charge in [-0.15, -0.1) is 0 Å². The third-order valence-corrected chi connectivity index (χ3v) is 2.45. The Morgan fingerprint density at radius 1 is 1.44 bits per heavy atom. The number of aryl methyl sites for hydroxylation is 1. The van der Waals surface area contributed by atoms with Crippen LogP contribution < -0.4 is 5.32 Å². The first-order chi connectivity index (χ1) is 7.43. The smallest absolute Gasteiger partial charge is 0.254 e. The fraction of sp³-hybridized carbons (Fsp3) is 0.667. The van der Waals surface area contributed by atoms with Crippen LogP contribution in [0, 0.1) is 5.92 Å². The standard InChI is InChI=1S/C12H21N3O/c1-8(2)6-13-12(16)10-7-14-15(5)11(10)9(3)4/h7-9H,6H2,1-5H3,(H,13,16). The second-order valence-electron chi connectivity index (χ2n) is 4.83. The molecular formula is C12H21N3O. The number of hydrogen-bond donors (Lipinski definition) is 1. The summed E-state index contributed by atoms with van der Waals surface area (Å²) in [7, 11) is 1.87. The van der Waals surface area contributed by atoms with Crippen molar-refractivity contribution >= 4 is 5.91 Å². The van der Waals surface area contributed by atoms with E-state index in [0.29, 0.717) is 23.9 Å². The molecule has 1 rings (SSSR count). The van der Waals surface area contributed by atoms with Gasteiger partial charge in [0.15, 0.2) is 0 Å². The molecule has 1 N–H and O–H groups in total. The zero-order chi connectivity index (χ0) is 12.3. The molecule has 1 aromatic rings. The Balaban J connectivity index is 2.83. The van der Waals surface area contributed by atoms with E-state index >= 15 is 0 Å². The van der Waals surface area contributed by atoms with Crippen LogP contribution in [0.15, 0.2) is 6.20 Å². The highest BCUT2D eigenvalue weighted by atomic mass is 16.1. The summed E-state index contributed by atoms with van der Waals surface area (Å²) in [6.45, 7) is 8.98. The highest BCUT2D eigenvalue weighted by molar-refractivity contribution is 5.95. The molecule has 16 heavy (non-hydrogen) atoms. The second kappa shape index (κ2) is 5.14. The number of amides is 1. The molecular weight excluding hydrogens is 202 g/mol. The summed E-state index contributed by atoms with van der Waals surface area (Å²) < 4.78 is 1.77. The van der Waals surface area contributed by atoms with E-state index in [9.17, 15) is 4.79 Å². The molecule has 0 spiro atoms. The van der Waals surface area contributed by atoms with Gasteiger partial charge in [-0.1, -0.05) is 27.7 Å². The van der Waals surface area contributed by atoms with Crippen molar-refractivity contribution in [1.29, 1.82) is 0 Å². The quantitative estimate of drug-likeness (QED) is 0.847. The maximum Gasteiger partial charge on any atom is 0.254 e. The Morgan fingerprint density at radius 3 is 2.56 bits per heavy atom. The van der Waals surface area contributed by atoms with Crippen molar-refractivity contribution in [3.63, 3.8) is 0 Å². The predicted octanol–water partition coefficient (Wildman–Crippen LogP) is 1.93. The van der Waals surface area contributed by atoms with E-state index in [0.717, 1.165) is 5.69 Å². The summed E-state index contributed by atoms with van der Waals surface area (Å²) in [6, 6.07) is 0. The molecule has 0 bridgehead atoms. The van der Waals surface area contributed by atoms with Crippen molar-refractivity contribution in [2.24, 2.45) is 13.0 Å². The Bertz CT molecular complexity index is 366. The molecule has 0 fully saturated rings. The van der Waals surface area contributed by atoms with Crippen LogP contribution in [0.5, 0.6) is 0 Å². The number of rotatable bonds is 4. The summed E-state index contributed by atoms with van der Waals surface area (Å²) in [5, 5.41) is 7.06. The molecule has 1 aromatic heterocycles. The van der Waals surface area contributed by atoms with Crippen LogP contribution in [0.3, 0.4) is 0 Å². The summed E-state index contributed by atoms with van der Waals surface area (Å²) in [4.78, 5) is 11.9. The number of nitrogens with one attached hydrogen (secondary N) is 1. The van der Waals surface area contributed by atoms with Crippen LogP contribution >= 0.6 is 0 Å². The molecule has 0 saturated heterocycles. The van der Waals surface area contributed by atoms with Gasteiger partial charge in [0.25, 0.3) is 5.91 Å². The predicted molar refractivity (Wildman–Crippen MR) is 64.5 cm³/mol. The minimum Gasteiger partial charge on any atom is -0.352 e. The van der Waals surface area contributed by atoms with Gasteiger partial charge < -0.3 is 5.32 Å². The zero-order valence-corrected chi connectivity index (χ0v) is 10.7. The lowest BCUT2D eigenvalue weighted by atomic mass is 10.1. The van der Waals surface area contributed by atoms with E-state index in [2.05, 4.69) is 38.1 Å². The molecule has 1 heterocycles. The first-order valence-electron chi connectivity index (χ1n) is 5.73. The van der Waals surface area contributed by atoms with E-state index in [1.54, 1.807) is 10.9 Å². The van der Waals surface area contributed by atoms with Crippen LogP contribution in [-0.2, 0) is 7.05 Å². The van der Waals surface area contributed by atoms with E-state index < -0.39 is 0 Å². The average molecular weight is 223 g/mol. The molecule has 0 aliphatic heterocycles. The van der Waals surface area contributed by atoms with Gasteiger partial charge in [0, 0.05) is 13.6 Å². The van der Waals surface area contributed by atoms with Crippen molar-refractivity contribution in [1.82, 2.24) is 15.1 Å². The number of carbonyl (C=O) groups excluding carboxylic acids is 1. The van der Waals surface area contributed by atoms with E-state index in [-0.39, 0.29) is 5.91 Å². The van der Waals surface area contributed by atoms with E-state index in [1.807, 2.05) is 7.05 Å². The minimum absolute atomic E-state index is 0.0227. The number of nitrogens with zero attached hydrogens (tertiary/aromatic N) is 2. The lowest BCUT2D eigenvalue weighted by Crippen LogP contribution is -2.28. The minimum atomic E-state index is -0.0227. The number of hydrogen-bond acceptors (Lipinski definition) is 2. The third-order valence-electron chi connectivity index (χ3n) is 2.45. The summed E-state index contributed by atoms with van der Waals surface area (Å²) in [6.07, 6.45) is 1.64. The van der Waals surface area contributed by atoms with Gasteiger partial charge in [-0.05, 0) is 11.8 Å². The molecule has 1 amide bonds. The highest BCUT2D eigenvalue weighted by Gasteiger charge is 2.18. The van der Waals surface area contributed by atoms with Gasteiger partial charge in [0.1, 0.15) is 0 Å². The fourth-order valence-electron chi connectivity index (χ4n) is 1.70. The van der Waals surface area contributed by atoms with Gasteiger partial charge in [-0.25, -0.2) is 0 Å². The molecule has 0 radical (unpaired) electrons. The Morgan fingerprint density at radius 2 is 2.06 bits per heavy atom. The second-order valence-corrected chi connectivity index (χ2v) is 4.83. The highest BCUT2D eigenvalue weighted by Crippen LogP contribution is 2.18. The molecule has 0 aliphatic carbocycles. The Hall–Kier alpha value is -1.32. The van der Waals surface area contributed by atoms with Gasteiger partial charge in [0.2, 0.25) is 0 Å². The molecule has 0 saturated carbocycles. The van der Waals surface area contributed by atoms with Gasteiger partial charge in [-0.2, -0.15) is 5.10 Å². The van der Waals surface area contributed by atoms with Gasteiger partial charge in [-0.3, -0.25) is 9.48 Å². The molecule has 0 atom stereocenters. The van der Waals surface area contributed by atoms with Crippen molar-refractivity contribution in [3.8, 4) is 0 Å². The average Bonchev–Trinajstić information content (AvgIpc) is 2.56. The molecule has 4 heteroatoms. The largest absolute Gasteiger partial charge is 0.352 e. The van der Waals surface area contributed by atoms with Crippen LogP contribution in [0.4, 0.5) is 0 Å². The van der Waals surface area contributed by atoms with Crippen LogP contribution in [0.2, 0.25) is 0 Å². The number of carbonyl (C=O) groups is 1. The fourth-order valence-corrected chi connectivity index (χ4v) is 1.70. The van der Waals surface area contributed by atoms with Crippen LogP contribution in [-0.4, -0.2) is 22.2 Å². The first kappa shape index (κ1) is 12.7. The lowest BCUT2D eigenvalue weighted by molar-refractivity contribution is 0.0947. The summed E-state index contributed by atoms with van der Waals surface area (Å²) >= 11 is 0. The van der Waals surface area contributed by atoms with Crippen molar-refractivity contribution < 1.29 is 4.79 Å². The SMILES string of the molecule is CC(C)CNC(=O)c1cnn(C)c1C(C)C. The Kier molecular flexibility index (Phi) is 4.10. The molecule has 90 valence electrons. The molecule has 4 nitrogen and oxygen atoms in total. The van der Waals surface area contributed by atoms with Crippen molar-refractivity contribution in [2.45, 2.75) is 33.6 Å². The maximum absolute atomic E-state index is 11.9. The van der Waals surface area contributed by atoms with Crippen LogP contribution in [0.25, 0.3) is 0 Å². The van der Waals surface area contributed by atoms with Crippen LogP contribution in [0.1, 0.15) is 49.7 Å². The zero-order valence-electron chi connectivity index (χ0n) is 10.7. The first-order valence-corrected chi connectivity index (χ1v) is 5.73. The molecule has 0 aliphatic rings. The molecule has 0 unspecified atom stereocenters. The van der Waals surface area contributed by atoms with E-state index in [1.165, 1.54) is 0 Å². The van der Waals surface area contributed by atoms with Gasteiger partial charge >= 0.3 is 0 Å². The Labute approximate surface area is 97.0 Å². The third kappa shape index (κ3) is 2.84. The summed E-state index contributed by atoms with van der Waals surface area (Å²) in [5.74, 6) is 0.737. The normalized spacial score (nSPS) is 11.2. The maximum atomic E-state index is 11.9. The van der Waals surface area contributed by atoms with Gasteiger partial charge in [0.05, 0.1) is 17.5 Å². The monoisotopic (exact) mass is 223 g/mol. The van der Waals surface area contributed by atoms with Crippen molar-refractivity contribution in [2.75, 3.05) is 6.54 Å². The lowest BCUT2D eigenvalue weighted by Gasteiger charge is -2.11. The summed E-state index contributed by atoms with van der Waals surface area (Å²) in [5.41, 5.74) is 1.68.